The van der Waals surface area contributed by atoms with Crippen LogP contribution in [0.25, 0.3) is 10.9 Å². The van der Waals surface area contributed by atoms with Crippen LogP contribution in [0.1, 0.15) is 5.69 Å². The molecule has 1 aromatic heterocycles. The lowest BCUT2D eigenvalue weighted by Crippen LogP contribution is -2.11. The van der Waals surface area contributed by atoms with Crippen LogP contribution in [-0.2, 0) is 0 Å². The maximum atomic E-state index is 5.78. The summed E-state index contributed by atoms with van der Waals surface area (Å²) in [7, 11) is 0. The van der Waals surface area contributed by atoms with E-state index in [0.29, 0.717) is 0 Å². The summed E-state index contributed by atoms with van der Waals surface area (Å²) in [5.41, 5.74) is 1.86. The molecular formula is C16H13AlNO2. The Hall–Kier alpha value is -2.02. The fourth-order valence-corrected chi connectivity index (χ4v) is 2.55. The normalized spacial score (nSPS) is 10.2. The van der Waals surface area contributed by atoms with Gasteiger partial charge in [0.05, 0.1) is 5.75 Å². The van der Waals surface area contributed by atoms with Crippen molar-refractivity contribution in [1.29, 1.82) is 0 Å². The van der Waals surface area contributed by atoms with E-state index in [9.17, 15) is 0 Å². The predicted octanol–water partition coefficient (Wildman–Crippen LogP) is 3.54. The molecule has 0 bridgehead atoms. The zero-order valence-corrected chi connectivity index (χ0v) is 12.3. The fraction of sp³-hybridized carbons (Fsp3) is 0.0625. The molecule has 0 saturated carbocycles. The van der Waals surface area contributed by atoms with Gasteiger partial charge in [0.1, 0.15) is 11.3 Å². The molecule has 1 heterocycles. The summed E-state index contributed by atoms with van der Waals surface area (Å²) in [6.45, 7) is 1.98. The molecule has 0 aliphatic carbocycles. The standard InChI is InChI=1S/C10H9NO.C6H6O.Al/c1-7-5-6-8-3-2-4-9(12)10(8)11-7;7-6-4-2-1-3-5-6;/h2-6,12H,1H3;1-5,7H;/q;;+2/p-2. The first-order chi connectivity index (χ1) is 9.83. The van der Waals surface area contributed by atoms with Crippen molar-refractivity contribution < 1.29 is 7.58 Å². The molecule has 1 radical (unpaired) electrons. The van der Waals surface area contributed by atoms with Crippen molar-refractivity contribution in [3.63, 3.8) is 0 Å². The van der Waals surface area contributed by atoms with Crippen LogP contribution in [0, 0.1) is 6.92 Å². The third-order valence-corrected chi connectivity index (χ3v) is 3.64. The highest BCUT2D eigenvalue weighted by atomic mass is 27.2. The Morgan fingerprint density at radius 1 is 0.850 bits per heavy atom. The Bertz CT molecular complexity index is 716. The molecule has 0 fully saturated rings. The van der Waals surface area contributed by atoms with Crippen LogP contribution in [0.4, 0.5) is 0 Å². The lowest BCUT2D eigenvalue weighted by atomic mass is 10.2. The highest BCUT2D eigenvalue weighted by Gasteiger charge is 2.09. The molecule has 0 aliphatic rings. The number of hydrogen-bond donors (Lipinski definition) is 0. The van der Waals surface area contributed by atoms with E-state index >= 15 is 0 Å². The SMILES string of the molecule is Cc1ccc2cccc([O][Al][O]c3ccccc3)c2n1. The Labute approximate surface area is 124 Å². The van der Waals surface area contributed by atoms with Gasteiger partial charge < -0.3 is 7.58 Å². The molecule has 0 saturated heterocycles. The van der Waals surface area contributed by atoms with Gasteiger partial charge >= 0.3 is 15.9 Å². The maximum Gasteiger partial charge on any atom is 0.881 e. The number of rotatable bonds is 4. The van der Waals surface area contributed by atoms with E-state index in [-0.39, 0.29) is 0 Å². The van der Waals surface area contributed by atoms with Crippen LogP contribution in [0.2, 0.25) is 0 Å². The second kappa shape index (κ2) is 5.96. The molecule has 0 amide bonds. The molecule has 3 rings (SSSR count). The fourth-order valence-electron chi connectivity index (χ4n) is 1.94. The molecule has 20 heavy (non-hydrogen) atoms. The largest absolute Gasteiger partial charge is 0.881 e. The van der Waals surface area contributed by atoms with Crippen molar-refractivity contribution in [1.82, 2.24) is 4.98 Å². The van der Waals surface area contributed by atoms with Gasteiger partial charge in [0.15, 0.2) is 0 Å². The summed E-state index contributed by atoms with van der Waals surface area (Å²) >= 11 is -0.609. The first-order valence-electron chi connectivity index (χ1n) is 6.39. The number of aromatic nitrogens is 1. The van der Waals surface area contributed by atoms with Crippen molar-refractivity contribution in [2.75, 3.05) is 0 Å². The molecule has 97 valence electrons. The zero-order chi connectivity index (χ0) is 13.8. The molecule has 0 aliphatic heterocycles. The van der Waals surface area contributed by atoms with Gasteiger partial charge in [-0.15, -0.1) is 0 Å². The van der Waals surface area contributed by atoms with Crippen molar-refractivity contribution in [3.8, 4) is 11.5 Å². The zero-order valence-electron chi connectivity index (χ0n) is 11.1. The van der Waals surface area contributed by atoms with Crippen molar-refractivity contribution in [3.05, 3.63) is 66.4 Å². The Kier molecular flexibility index (Phi) is 3.87. The predicted molar refractivity (Wildman–Crippen MR) is 79.9 cm³/mol. The van der Waals surface area contributed by atoms with Gasteiger partial charge in [0, 0.05) is 11.1 Å². The first-order valence-corrected chi connectivity index (χ1v) is 7.34. The van der Waals surface area contributed by atoms with Crippen LogP contribution in [-0.4, -0.2) is 20.9 Å². The highest BCUT2D eigenvalue weighted by Crippen LogP contribution is 2.23. The van der Waals surface area contributed by atoms with Gasteiger partial charge in [-0.2, -0.15) is 0 Å². The molecule has 3 aromatic rings. The molecule has 0 spiro atoms. The third-order valence-electron chi connectivity index (χ3n) is 2.92. The van der Waals surface area contributed by atoms with Crippen molar-refractivity contribution in [2.24, 2.45) is 0 Å². The van der Waals surface area contributed by atoms with Gasteiger partial charge in [-0.25, -0.2) is 4.98 Å². The minimum Gasteiger partial charge on any atom is -0.616 e. The molecule has 0 N–H and O–H groups in total. The van der Waals surface area contributed by atoms with Gasteiger partial charge in [-0.05, 0) is 31.2 Å². The van der Waals surface area contributed by atoms with Crippen LogP contribution in [0.15, 0.2) is 60.7 Å². The molecule has 0 unspecified atom stereocenters. The lowest BCUT2D eigenvalue weighted by Gasteiger charge is -2.10. The van der Waals surface area contributed by atoms with Crippen LogP contribution in [0.5, 0.6) is 11.5 Å². The number of benzene rings is 2. The molecular weight excluding hydrogens is 265 g/mol. The number of pyridine rings is 1. The summed E-state index contributed by atoms with van der Waals surface area (Å²) in [5.74, 6) is 1.60. The number of fused-ring (bicyclic) bond motifs is 1. The monoisotopic (exact) mass is 278 g/mol. The van der Waals surface area contributed by atoms with E-state index in [1.54, 1.807) is 0 Å². The van der Waals surface area contributed by atoms with E-state index in [2.05, 4.69) is 11.1 Å². The lowest BCUT2D eigenvalue weighted by molar-refractivity contribution is 0.461. The van der Waals surface area contributed by atoms with Gasteiger partial charge in [-0.1, -0.05) is 36.4 Å². The Morgan fingerprint density at radius 3 is 2.55 bits per heavy atom. The quantitative estimate of drug-likeness (QED) is 0.684. The highest BCUT2D eigenvalue weighted by molar-refractivity contribution is 6.21. The number of aryl methyl sites for hydroxylation is 1. The van der Waals surface area contributed by atoms with Gasteiger partial charge in [0.2, 0.25) is 0 Å². The first kappa shape index (κ1) is 13.0. The minimum absolute atomic E-state index is 0.609. The van der Waals surface area contributed by atoms with Crippen LogP contribution >= 0.6 is 0 Å². The summed E-state index contributed by atoms with van der Waals surface area (Å²) in [6, 6.07) is 19.7. The van der Waals surface area contributed by atoms with E-state index in [4.69, 9.17) is 7.58 Å². The Morgan fingerprint density at radius 2 is 1.70 bits per heavy atom. The Balaban J connectivity index is 1.76. The van der Waals surface area contributed by atoms with Gasteiger partial charge in [0.25, 0.3) is 0 Å². The summed E-state index contributed by atoms with van der Waals surface area (Å²) in [6.07, 6.45) is 0. The smallest absolute Gasteiger partial charge is 0.616 e. The topological polar surface area (TPSA) is 31.4 Å². The van der Waals surface area contributed by atoms with E-state index < -0.39 is 15.9 Å². The van der Waals surface area contributed by atoms with Crippen molar-refractivity contribution in [2.45, 2.75) is 6.92 Å². The third kappa shape index (κ3) is 2.93. The minimum atomic E-state index is -0.609. The van der Waals surface area contributed by atoms with E-state index in [1.165, 1.54) is 0 Å². The molecule has 3 nitrogen and oxygen atoms in total. The van der Waals surface area contributed by atoms with E-state index in [0.717, 1.165) is 28.1 Å². The maximum absolute atomic E-state index is 5.78. The molecule has 4 heteroatoms. The number of para-hydroxylation sites is 2. The van der Waals surface area contributed by atoms with Gasteiger partial charge in [-0.3, -0.25) is 0 Å². The summed E-state index contributed by atoms with van der Waals surface area (Å²) in [5, 5.41) is 1.08. The average molecular weight is 278 g/mol. The van der Waals surface area contributed by atoms with Crippen LogP contribution in [0.3, 0.4) is 0 Å². The summed E-state index contributed by atoms with van der Waals surface area (Å²) < 4.78 is 11.4. The van der Waals surface area contributed by atoms with Crippen LogP contribution < -0.4 is 7.58 Å². The molecule has 2 aromatic carbocycles. The number of hydrogen-bond acceptors (Lipinski definition) is 3. The summed E-state index contributed by atoms with van der Waals surface area (Å²) in [4.78, 5) is 4.53. The number of nitrogens with zero attached hydrogens (tertiary/aromatic N) is 1. The average Bonchev–Trinajstić information content (AvgIpc) is 2.49. The second-order valence-corrected chi connectivity index (χ2v) is 5.09. The second-order valence-electron chi connectivity index (χ2n) is 4.43. The molecule has 0 atom stereocenters. The van der Waals surface area contributed by atoms with E-state index in [1.807, 2.05) is 61.5 Å². The van der Waals surface area contributed by atoms with Crippen molar-refractivity contribution >= 4 is 26.8 Å².